The topological polar surface area (TPSA) is 29.9 Å². The molecule has 116 valence electrons. The second-order valence-electron chi connectivity index (χ2n) is 7.63. The Morgan fingerprint density at radius 2 is 1.95 bits per heavy atom. The Bertz CT molecular complexity index is 493. The van der Waals surface area contributed by atoms with E-state index in [-0.39, 0.29) is 0 Å². The van der Waals surface area contributed by atoms with Crippen molar-refractivity contribution in [3.05, 3.63) is 17.2 Å². The van der Waals surface area contributed by atoms with Crippen molar-refractivity contribution < 1.29 is 0 Å². The highest BCUT2D eigenvalue weighted by Crippen LogP contribution is 2.41. The quantitative estimate of drug-likeness (QED) is 0.916. The highest BCUT2D eigenvalue weighted by Gasteiger charge is 2.32. The summed E-state index contributed by atoms with van der Waals surface area (Å²) in [5.41, 5.74) is 2.90. The van der Waals surface area contributed by atoms with Crippen LogP contribution in [0.5, 0.6) is 0 Å². The van der Waals surface area contributed by atoms with E-state index in [1.54, 1.807) is 5.69 Å². The minimum atomic E-state index is 0.780. The van der Waals surface area contributed by atoms with Crippen LogP contribution in [-0.4, -0.2) is 16.1 Å². The van der Waals surface area contributed by atoms with Gasteiger partial charge in [-0.05, 0) is 31.1 Å². The van der Waals surface area contributed by atoms with Gasteiger partial charge in [0.25, 0.3) is 0 Å². The molecule has 21 heavy (non-hydrogen) atoms. The van der Waals surface area contributed by atoms with E-state index in [0.717, 1.165) is 30.8 Å². The third kappa shape index (κ3) is 2.90. The third-order valence-electron chi connectivity index (χ3n) is 5.85. The Labute approximate surface area is 128 Å². The smallest absolute Gasteiger partial charge is 0.112 e. The van der Waals surface area contributed by atoms with Crippen LogP contribution in [0.3, 0.4) is 0 Å². The minimum Gasteiger partial charge on any atom is -0.331 e. The number of fused-ring (bicyclic) bond motifs is 1. The SMILES string of the molecule is CC1CCC(CCn2c(C3CC3)nc3c2CCNC3)CC1. The fourth-order valence-corrected chi connectivity index (χ4v) is 4.22. The summed E-state index contributed by atoms with van der Waals surface area (Å²) in [4.78, 5) is 4.99. The average molecular weight is 287 g/mol. The molecule has 0 radical (unpaired) electrons. The number of rotatable bonds is 4. The molecule has 2 heterocycles. The van der Waals surface area contributed by atoms with E-state index in [9.17, 15) is 0 Å². The van der Waals surface area contributed by atoms with E-state index in [4.69, 9.17) is 4.98 Å². The van der Waals surface area contributed by atoms with Gasteiger partial charge in [0, 0.05) is 37.7 Å². The van der Waals surface area contributed by atoms with Crippen LogP contribution < -0.4 is 5.32 Å². The Kier molecular flexibility index (Phi) is 3.78. The van der Waals surface area contributed by atoms with E-state index >= 15 is 0 Å². The van der Waals surface area contributed by atoms with Gasteiger partial charge in [-0.25, -0.2) is 4.98 Å². The molecule has 0 amide bonds. The first kappa shape index (κ1) is 13.8. The second kappa shape index (κ2) is 5.75. The van der Waals surface area contributed by atoms with Crippen LogP contribution in [-0.2, 0) is 19.5 Å². The molecular formula is C18H29N3. The van der Waals surface area contributed by atoms with Crippen molar-refractivity contribution in [2.24, 2.45) is 11.8 Å². The van der Waals surface area contributed by atoms with Gasteiger partial charge < -0.3 is 9.88 Å². The lowest BCUT2D eigenvalue weighted by molar-refractivity contribution is 0.267. The lowest BCUT2D eigenvalue weighted by Gasteiger charge is -2.27. The van der Waals surface area contributed by atoms with Crippen molar-refractivity contribution in [1.29, 1.82) is 0 Å². The Morgan fingerprint density at radius 1 is 1.14 bits per heavy atom. The van der Waals surface area contributed by atoms with E-state index < -0.39 is 0 Å². The van der Waals surface area contributed by atoms with Crippen LogP contribution in [0.15, 0.2) is 0 Å². The maximum Gasteiger partial charge on any atom is 0.112 e. The number of aromatic nitrogens is 2. The largest absolute Gasteiger partial charge is 0.331 e. The molecule has 2 saturated carbocycles. The van der Waals surface area contributed by atoms with Gasteiger partial charge in [-0.2, -0.15) is 0 Å². The molecule has 0 aromatic carbocycles. The van der Waals surface area contributed by atoms with Gasteiger partial charge >= 0.3 is 0 Å². The van der Waals surface area contributed by atoms with Crippen LogP contribution in [0.25, 0.3) is 0 Å². The molecular weight excluding hydrogens is 258 g/mol. The summed E-state index contributed by atoms with van der Waals surface area (Å²) in [5, 5.41) is 3.48. The summed E-state index contributed by atoms with van der Waals surface area (Å²) in [5.74, 6) is 4.14. The predicted molar refractivity (Wildman–Crippen MR) is 85.4 cm³/mol. The van der Waals surface area contributed by atoms with Gasteiger partial charge in [0.2, 0.25) is 0 Å². The van der Waals surface area contributed by atoms with Gasteiger partial charge in [0.1, 0.15) is 5.82 Å². The van der Waals surface area contributed by atoms with Crippen molar-refractivity contribution >= 4 is 0 Å². The number of nitrogens with zero attached hydrogens (tertiary/aromatic N) is 2. The fourth-order valence-electron chi connectivity index (χ4n) is 4.22. The fraction of sp³-hybridized carbons (Fsp3) is 0.833. The lowest BCUT2D eigenvalue weighted by atomic mass is 9.81. The van der Waals surface area contributed by atoms with Crippen LogP contribution in [0, 0.1) is 11.8 Å². The van der Waals surface area contributed by atoms with Gasteiger partial charge in [-0.15, -0.1) is 0 Å². The molecule has 1 aliphatic heterocycles. The maximum atomic E-state index is 4.99. The zero-order chi connectivity index (χ0) is 14.2. The molecule has 0 bridgehead atoms. The van der Waals surface area contributed by atoms with Crippen molar-refractivity contribution in [1.82, 2.24) is 14.9 Å². The van der Waals surface area contributed by atoms with Crippen LogP contribution >= 0.6 is 0 Å². The average Bonchev–Trinajstić information content (AvgIpc) is 3.29. The highest BCUT2D eigenvalue weighted by molar-refractivity contribution is 5.24. The minimum absolute atomic E-state index is 0.780. The summed E-state index contributed by atoms with van der Waals surface area (Å²) >= 11 is 0. The van der Waals surface area contributed by atoms with Crippen molar-refractivity contribution in [3.63, 3.8) is 0 Å². The van der Waals surface area contributed by atoms with Crippen LogP contribution in [0.1, 0.15) is 75.0 Å². The van der Waals surface area contributed by atoms with Gasteiger partial charge in [0.15, 0.2) is 0 Å². The van der Waals surface area contributed by atoms with E-state index in [2.05, 4.69) is 16.8 Å². The van der Waals surface area contributed by atoms with E-state index in [0.29, 0.717) is 0 Å². The van der Waals surface area contributed by atoms with Crippen LogP contribution in [0.4, 0.5) is 0 Å². The molecule has 3 aliphatic rings. The molecule has 1 N–H and O–H groups in total. The summed E-state index contributed by atoms with van der Waals surface area (Å²) in [6.45, 7) is 5.76. The van der Waals surface area contributed by atoms with Gasteiger partial charge in [-0.3, -0.25) is 0 Å². The summed E-state index contributed by atoms with van der Waals surface area (Å²) < 4.78 is 2.63. The van der Waals surface area contributed by atoms with E-state index in [1.165, 1.54) is 69.4 Å². The van der Waals surface area contributed by atoms with Gasteiger partial charge in [-0.1, -0.05) is 32.6 Å². The molecule has 3 heteroatoms. The Morgan fingerprint density at radius 3 is 2.71 bits per heavy atom. The number of hydrogen-bond donors (Lipinski definition) is 1. The maximum absolute atomic E-state index is 4.99. The Balaban J connectivity index is 1.47. The summed E-state index contributed by atoms with van der Waals surface area (Å²) in [6, 6.07) is 0. The normalized spacial score (nSPS) is 29.4. The van der Waals surface area contributed by atoms with Crippen molar-refractivity contribution in [2.45, 2.75) is 77.3 Å². The molecule has 2 aliphatic carbocycles. The number of imidazole rings is 1. The zero-order valence-electron chi connectivity index (χ0n) is 13.4. The monoisotopic (exact) mass is 287 g/mol. The standard InChI is InChI=1S/C18H29N3/c1-13-2-4-14(5-3-13)9-11-21-17-8-10-19-12-16(17)20-18(21)15-6-7-15/h13-15,19H,2-12H2,1H3. The molecule has 2 fully saturated rings. The lowest BCUT2D eigenvalue weighted by Crippen LogP contribution is -2.25. The van der Waals surface area contributed by atoms with Crippen LogP contribution in [0.2, 0.25) is 0 Å². The van der Waals surface area contributed by atoms with E-state index in [1.807, 2.05) is 0 Å². The first-order valence-corrected chi connectivity index (χ1v) is 9.10. The van der Waals surface area contributed by atoms with Gasteiger partial charge in [0.05, 0.1) is 5.69 Å². The number of hydrogen-bond acceptors (Lipinski definition) is 2. The zero-order valence-corrected chi connectivity index (χ0v) is 13.4. The highest BCUT2D eigenvalue weighted by atomic mass is 15.1. The molecule has 3 nitrogen and oxygen atoms in total. The number of nitrogens with one attached hydrogen (secondary N) is 1. The molecule has 0 unspecified atom stereocenters. The third-order valence-corrected chi connectivity index (χ3v) is 5.85. The molecule has 0 spiro atoms. The summed E-state index contributed by atoms with van der Waals surface area (Å²) in [6.07, 6.45) is 11.1. The Hall–Kier alpha value is -0.830. The first-order valence-electron chi connectivity index (χ1n) is 9.10. The van der Waals surface area contributed by atoms with Crippen molar-refractivity contribution in [2.75, 3.05) is 6.54 Å². The molecule has 1 aromatic rings. The molecule has 0 atom stereocenters. The summed E-state index contributed by atoms with van der Waals surface area (Å²) in [7, 11) is 0. The molecule has 0 saturated heterocycles. The predicted octanol–water partition coefficient (Wildman–Crippen LogP) is 3.62. The molecule has 1 aromatic heterocycles. The first-order chi connectivity index (χ1) is 10.3. The molecule has 4 rings (SSSR count). The van der Waals surface area contributed by atoms with Crippen molar-refractivity contribution in [3.8, 4) is 0 Å². The second-order valence-corrected chi connectivity index (χ2v) is 7.63.